The third-order valence-electron chi connectivity index (χ3n) is 3.58. The molecule has 3 aromatic rings. The van der Waals surface area contributed by atoms with Gasteiger partial charge in [0.1, 0.15) is 11.6 Å². The quantitative estimate of drug-likeness (QED) is 0.725. The summed E-state index contributed by atoms with van der Waals surface area (Å²) in [6, 6.07) is 10.8. The summed E-state index contributed by atoms with van der Waals surface area (Å²) in [6.07, 6.45) is -0.732. The van der Waals surface area contributed by atoms with Crippen molar-refractivity contribution in [2.24, 2.45) is 10.7 Å². The number of fused-ring (bicyclic) bond motifs is 3. The molecule has 22 heavy (non-hydrogen) atoms. The topological polar surface area (TPSA) is 68.2 Å². The van der Waals surface area contributed by atoms with Crippen molar-refractivity contribution in [1.82, 2.24) is 9.55 Å². The number of imidazole rings is 1. The third-order valence-corrected chi connectivity index (χ3v) is 3.58. The first-order chi connectivity index (χ1) is 10.6. The summed E-state index contributed by atoms with van der Waals surface area (Å²) < 4.78 is 29.0. The molecule has 3 N–H and O–H groups in total. The van der Waals surface area contributed by atoms with Crippen LogP contribution in [0.15, 0.2) is 47.5 Å². The molecule has 2 heterocycles. The zero-order valence-electron chi connectivity index (χ0n) is 11.3. The smallest absolute Gasteiger partial charge is 0.212 e. The van der Waals surface area contributed by atoms with Crippen molar-refractivity contribution in [2.45, 2.75) is 6.17 Å². The van der Waals surface area contributed by atoms with Crippen molar-refractivity contribution in [1.29, 1.82) is 0 Å². The van der Waals surface area contributed by atoms with E-state index in [1.54, 1.807) is 4.57 Å². The number of halogens is 2. The van der Waals surface area contributed by atoms with Crippen molar-refractivity contribution in [3.63, 3.8) is 0 Å². The molecule has 0 saturated carbocycles. The maximum absolute atomic E-state index is 14.2. The summed E-state index contributed by atoms with van der Waals surface area (Å²) in [6.45, 7) is 0. The van der Waals surface area contributed by atoms with Gasteiger partial charge in [-0.2, -0.15) is 0 Å². The van der Waals surface area contributed by atoms with Crippen molar-refractivity contribution < 1.29 is 8.78 Å². The molecule has 0 amide bonds. The Morgan fingerprint density at radius 2 is 1.95 bits per heavy atom. The third kappa shape index (κ3) is 1.82. The predicted molar refractivity (Wildman–Crippen MR) is 79.5 cm³/mol. The van der Waals surface area contributed by atoms with Gasteiger partial charge in [-0.3, -0.25) is 9.88 Å². The molecule has 1 aliphatic rings. The van der Waals surface area contributed by atoms with E-state index in [1.165, 1.54) is 12.1 Å². The van der Waals surface area contributed by atoms with Crippen LogP contribution < -0.4 is 11.1 Å². The van der Waals surface area contributed by atoms with Gasteiger partial charge in [0, 0.05) is 11.6 Å². The molecule has 1 atom stereocenters. The van der Waals surface area contributed by atoms with Crippen LogP contribution in [0.5, 0.6) is 0 Å². The largest absolute Gasteiger partial charge is 0.370 e. The standard InChI is InChI=1S/C15H11F2N5/c16-8-5-6-9(10(17)7-8)13-20-14(18)21-15-19-11-3-1-2-4-12(11)22(13)15/h1-7,13H,(H3,18,19,20,21). The Morgan fingerprint density at radius 1 is 1.14 bits per heavy atom. The molecule has 0 aliphatic carbocycles. The van der Waals surface area contributed by atoms with E-state index in [2.05, 4.69) is 15.3 Å². The van der Waals surface area contributed by atoms with Crippen LogP contribution in [-0.2, 0) is 0 Å². The Hall–Kier alpha value is -2.96. The average Bonchev–Trinajstić information content (AvgIpc) is 2.84. The number of nitrogens with two attached hydrogens (primary N) is 1. The molecule has 0 bridgehead atoms. The van der Waals surface area contributed by atoms with E-state index in [4.69, 9.17) is 5.73 Å². The normalized spacial score (nSPS) is 17.0. The second-order valence-corrected chi connectivity index (χ2v) is 4.97. The molecule has 2 aromatic carbocycles. The van der Waals surface area contributed by atoms with E-state index >= 15 is 0 Å². The zero-order valence-corrected chi connectivity index (χ0v) is 11.3. The van der Waals surface area contributed by atoms with Gasteiger partial charge in [0.05, 0.1) is 11.0 Å². The van der Waals surface area contributed by atoms with Crippen LogP contribution in [0.2, 0.25) is 0 Å². The van der Waals surface area contributed by atoms with Crippen LogP contribution in [0.25, 0.3) is 11.0 Å². The van der Waals surface area contributed by atoms with Gasteiger partial charge in [0.2, 0.25) is 5.95 Å². The summed E-state index contributed by atoms with van der Waals surface area (Å²) in [5, 5.41) is 2.86. The number of nitrogens with zero attached hydrogens (tertiary/aromatic N) is 3. The minimum atomic E-state index is -0.732. The highest BCUT2D eigenvalue weighted by Crippen LogP contribution is 2.33. The maximum Gasteiger partial charge on any atom is 0.212 e. The summed E-state index contributed by atoms with van der Waals surface area (Å²) in [5.41, 5.74) is 7.53. The highest BCUT2D eigenvalue weighted by Gasteiger charge is 2.27. The minimum absolute atomic E-state index is 0.136. The monoisotopic (exact) mass is 299 g/mol. The SMILES string of the molecule is NC1=NC(c2ccc(F)cc2F)n2c(nc3ccccc32)N1. The van der Waals surface area contributed by atoms with Crippen LogP contribution in [0.1, 0.15) is 11.7 Å². The molecular weight excluding hydrogens is 288 g/mol. The van der Waals surface area contributed by atoms with Crippen LogP contribution in [0.4, 0.5) is 14.7 Å². The fraction of sp³-hybridized carbons (Fsp3) is 0.0667. The first-order valence-electron chi connectivity index (χ1n) is 6.66. The van der Waals surface area contributed by atoms with E-state index in [0.717, 1.165) is 17.1 Å². The Morgan fingerprint density at radius 3 is 2.77 bits per heavy atom. The first-order valence-corrected chi connectivity index (χ1v) is 6.66. The number of anilines is 1. The fourth-order valence-corrected chi connectivity index (χ4v) is 2.64. The molecule has 1 aliphatic heterocycles. The fourth-order valence-electron chi connectivity index (χ4n) is 2.64. The number of benzene rings is 2. The highest BCUT2D eigenvalue weighted by molar-refractivity contribution is 5.94. The van der Waals surface area contributed by atoms with Gasteiger partial charge in [-0.05, 0) is 24.3 Å². The Balaban J connectivity index is 1.98. The zero-order chi connectivity index (χ0) is 15.3. The predicted octanol–water partition coefficient (Wildman–Crippen LogP) is 2.60. The minimum Gasteiger partial charge on any atom is -0.370 e. The molecule has 0 spiro atoms. The molecule has 1 aromatic heterocycles. The molecule has 4 rings (SSSR count). The molecule has 110 valence electrons. The van der Waals surface area contributed by atoms with Crippen LogP contribution in [-0.4, -0.2) is 15.5 Å². The lowest BCUT2D eigenvalue weighted by atomic mass is 10.1. The summed E-state index contributed by atoms with van der Waals surface area (Å²) in [5.74, 6) is -0.700. The summed E-state index contributed by atoms with van der Waals surface area (Å²) in [7, 11) is 0. The molecule has 1 unspecified atom stereocenters. The van der Waals surface area contributed by atoms with Gasteiger partial charge in [-0.1, -0.05) is 12.1 Å². The first kappa shape index (κ1) is 12.8. The molecule has 0 radical (unpaired) electrons. The van der Waals surface area contributed by atoms with Crippen molar-refractivity contribution >= 4 is 22.9 Å². The Kier molecular flexibility index (Phi) is 2.62. The van der Waals surface area contributed by atoms with Gasteiger partial charge in [0.25, 0.3) is 0 Å². The Labute approximate surface area is 124 Å². The highest BCUT2D eigenvalue weighted by atomic mass is 19.1. The molecule has 7 heteroatoms. The van der Waals surface area contributed by atoms with Gasteiger partial charge < -0.3 is 5.73 Å². The number of para-hydroxylation sites is 2. The number of nitrogens with one attached hydrogen (secondary N) is 1. The average molecular weight is 299 g/mol. The van der Waals surface area contributed by atoms with Crippen LogP contribution in [0, 0.1) is 11.6 Å². The maximum atomic E-state index is 14.2. The lowest BCUT2D eigenvalue weighted by Crippen LogP contribution is -2.31. The van der Waals surface area contributed by atoms with Crippen LogP contribution in [0.3, 0.4) is 0 Å². The van der Waals surface area contributed by atoms with Crippen molar-refractivity contribution in [3.05, 3.63) is 59.7 Å². The van der Waals surface area contributed by atoms with E-state index in [-0.39, 0.29) is 11.5 Å². The number of hydrogen-bond donors (Lipinski definition) is 2. The number of guanidine groups is 1. The van der Waals surface area contributed by atoms with Crippen molar-refractivity contribution in [2.75, 3.05) is 5.32 Å². The Bertz CT molecular complexity index is 915. The number of hydrogen-bond acceptors (Lipinski definition) is 4. The lowest BCUT2D eigenvalue weighted by molar-refractivity contribution is 0.534. The second-order valence-electron chi connectivity index (χ2n) is 4.97. The van der Waals surface area contributed by atoms with Gasteiger partial charge in [-0.25, -0.2) is 18.8 Å². The molecule has 5 nitrogen and oxygen atoms in total. The second kappa shape index (κ2) is 4.52. The van der Waals surface area contributed by atoms with Crippen LogP contribution >= 0.6 is 0 Å². The lowest BCUT2D eigenvalue weighted by Gasteiger charge is -2.24. The van der Waals surface area contributed by atoms with E-state index in [1.807, 2.05) is 24.3 Å². The summed E-state index contributed by atoms with van der Waals surface area (Å²) >= 11 is 0. The van der Waals surface area contributed by atoms with Gasteiger partial charge in [0.15, 0.2) is 12.1 Å². The number of aliphatic imine (C=N–C) groups is 1. The van der Waals surface area contributed by atoms with Crippen molar-refractivity contribution in [3.8, 4) is 0 Å². The van der Waals surface area contributed by atoms with E-state index in [9.17, 15) is 8.78 Å². The molecule has 0 saturated heterocycles. The van der Waals surface area contributed by atoms with E-state index in [0.29, 0.717) is 5.95 Å². The van der Waals surface area contributed by atoms with Gasteiger partial charge >= 0.3 is 0 Å². The number of rotatable bonds is 1. The van der Waals surface area contributed by atoms with Gasteiger partial charge in [-0.15, -0.1) is 0 Å². The molecular formula is C15H11F2N5. The molecule has 0 fully saturated rings. The number of aromatic nitrogens is 2. The van der Waals surface area contributed by atoms with E-state index < -0.39 is 17.8 Å². The summed E-state index contributed by atoms with van der Waals surface area (Å²) in [4.78, 5) is 8.67.